The van der Waals surface area contributed by atoms with Crippen LogP contribution < -0.4 is 10.5 Å². The highest BCUT2D eigenvalue weighted by atomic mass is 35.5. The molecule has 0 saturated carbocycles. The van der Waals surface area contributed by atoms with Crippen molar-refractivity contribution in [2.45, 2.75) is 25.0 Å². The molecule has 1 aromatic rings. The Labute approximate surface area is 106 Å². The van der Waals surface area contributed by atoms with E-state index in [1.54, 1.807) is 0 Å². The predicted octanol–water partition coefficient (Wildman–Crippen LogP) is 2.53. The van der Waals surface area contributed by atoms with Crippen LogP contribution in [0.3, 0.4) is 0 Å². The second-order valence-corrected chi connectivity index (χ2v) is 5.24. The van der Waals surface area contributed by atoms with Crippen LogP contribution in [0.4, 0.5) is 0 Å². The zero-order valence-corrected chi connectivity index (χ0v) is 10.3. The molecule has 2 N–H and O–H groups in total. The van der Waals surface area contributed by atoms with Crippen molar-refractivity contribution in [1.82, 2.24) is 0 Å². The summed E-state index contributed by atoms with van der Waals surface area (Å²) in [6.07, 6.45) is 2.10. The SMILES string of the molecule is N[C@H]1CC(C2CCOC2)Oc2ccc(Cl)cc21. The molecule has 2 heterocycles. The quantitative estimate of drug-likeness (QED) is 0.837. The van der Waals surface area contributed by atoms with Gasteiger partial charge in [0.05, 0.1) is 6.61 Å². The van der Waals surface area contributed by atoms with Crippen LogP contribution >= 0.6 is 11.6 Å². The Balaban J connectivity index is 1.84. The lowest BCUT2D eigenvalue weighted by Crippen LogP contribution is -2.35. The highest BCUT2D eigenvalue weighted by Gasteiger charge is 2.33. The Morgan fingerprint density at radius 2 is 2.24 bits per heavy atom. The molecule has 0 bridgehead atoms. The highest BCUT2D eigenvalue weighted by Crippen LogP contribution is 2.38. The number of ether oxygens (including phenoxy) is 2. The van der Waals surface area contributed by atoms with Crippen molar-refractivity contribution in [3.8, 4) is 5.75 Å². The first-order chi connectivity index (χ1) is 8.24. The van der Waals surface area contributed by atoms with Crippen LogP contribution in [-0.4, -0.2) is 19.3 Å². The molecule has 2 unspecified atom stereocenters. The summed E-state index contributed by atoms with van der Waals surface area (Å²) in [5.74, 6) is 1.36. The smallest absolute Gasteiger partial charge is 0.124 e. The van der Waals surface area contributed by atoms with Gasteiger partial charge in [-0.3, -0.25) is 0 Å². The second-order valence-electron chi connectivity index (χ2n) is 4.80. The summed E-state index contributed by atoms with van der Waals surface area (Å²) >= 11 is 5.97. The molecule has 17 heavy (non-hydrogen) atoms. The van der Waals surface area contributed by atoms with Crippen LogP contribution in [0, 0.1) is 5.92 Å². The Morgan fingerprint density at radius 1 is 1.35 bits per heavy atom. The number of hydrogen-bond donors (Lipinski definition) is 1. The van der Waals surface area contributed by atoms with Crippen LogP contribution in [0.25, 0.3) is 0 Å². The van der Waals surface area contributed by atoms with E-state index in [0.717, 1.165) is 37.4 Å². The third-order valence-corrected chi connectivity index (χ3v) is 3.86. The molecule has 1 aromatic carbocycles. The first-order valence-electron chi connectivity index (χ1n) is 6.03. The maximum atomic E-state index is 6.19. The van der Waals surface area contributed by atoms with Gasteiger partial charge in [0.2, 0.25) is 0 Å². The average molecular weight is 254 g/mol. The van der Waals surface area contributed by atoms with Crippen molar-refractivity contribution in [3.05, 3.63) is 28.8 Å². The van der Waals surface area contributed by atoms with Gasteiger partial charge >= 0.3 is 0 Å². The monoisotopic (exact) mass is 253 g/mol. The molecule has 0 radical (unpaired) electrons. The van der Waals surface area contributed by atoms with Crippen LogP contribution in [0.1, 0.15) is 24.4 Å². The Kier molecular flexibility index (Phi) is 2.99. The first-order valence-corrected chi connectivity index (χ1v) is 6.41. The third kappa shape index (κ3) is 2.15. The molecule has 0 amide bonds. The number of benzene rings is 1. The van der Waals surface area contributed by atoms with Crippen molar-refractivity contribution in [2.24, 2.45) is 11.7 Å². The van der Waals surface area contributed by atoms with Crippen molar-refractivity contribution in [2.75, 3.05) is 13.2 Å². The molecule has 0 aliphatic carbocycles. The zero-order chi connectivity index (χ0) is 11.8. The summed E-state index contributed by atoms with van der Waals surface area (Å²) in [5.41, 5.74) is 7.21. The predicted molar refractivity (Wildman–Crippen MR) is 66.3 cm³/mol. The van der Waals surface area contributed by atoms with Gasteiger partial charge in [0.15, 0.2) is 0 Å². The highest BCUT2D eigenvalue weighted by molar-refractivity contribution is 6.30. The molecule has 4 heteroatoms. The van der Waals surface area contributed by atoms with Gasteiger partial charge in [-0.05, 0) is 24.6 Å². The molecule has 3 atom stereocenters. The summed E-state index contributed by atoms with van der Waals surface area (Å²) < 4.78 is 11.4. The van der Waals surface area contributed by atoms with Gasteiger partial charge in [-0.2, -0.15) is 0 Å². The molecule has 1 fully saturated rings. The van der Waals surface area contributed by atoms with Crippen molar-refractivity contribution >= 4 is 11.6 Å². The lowest BCUT2D eigenvalue weighted by Gasteiger charge is -2.33. The number of halogens is 1. The normalized spacial score (nSPS) is 32.0. The van der Waals surface area contributed by atoms with Gasteiger partial charge in [0.25, 0.3) is 0 Å². The van der Waals surface area contributed by atoms with E-state index in [4.69, 9.17) is 26.8 Å². The largest absolute Gasteiger partial charge is 0.490 e. The molecule has 0 aromatic heterocycles. The van der Waals surface area contributed by atoms with Crippen molar-refractivity contribution in [1.29, 1.82) is 0 Å². The average Bonchev–Trinajstić information content (AvgIpc) is 2.83. The molecule has 2 aliphatic heterocycles. The van der Waals surface area contributed by atoms with Crippen molar-refractivity contribution in [3.63, 3.8) is 0 Å². The van der Waals surface area contributed by atoms with Crippen LogP contribution in [0.15, 0.2) is 18.2 Å². The molecular weight excluding hydrogens is 238 g/mol. The molecule has 92 valence electrons. The minimum atomic E-state index is 0.0167. The molecule has 3 nitrogen and oxygen atoms in total. The fourth-order valence-electron chi connectivity index (χ4n) is 2.64. The summed E-state index contributed by atoms with van der Waals surface area (Å²) in [4.78, 5) is 0. The number of hydrogen-bond acceptors (Lipinski definition) is 3. The van der Waals surface area contributed by atoms with Gasteiger partial charge in [0, 0.05) is 35.6 Å². The summed E-state index contributed by atoms with van der Waals surface area (Å²) in [6.45, 7) is 1.63. The van der Waals surface area contributed by atoms with E-state index in [-0.39, 0.29) is 12.1 Å². The van der Waals surface area contributed by atoms with Gasteiger partial charge in [-0.25, -0.2) is 0 Å². The van der Waals surface area contributed by atoms with Crippen LogP contribution in [0.5, 0.6) is 5.75 Å². The van der Waals surface area contributed by atoms with Crippen molar-refractivity contribution < 1.29 is 9.47 Å². The summed E-state index contributed by atoms with van der Waals surface area (Å²) in [5, 5.41) is 0.713. The zero-order valence-electron chi connectivity index (χ0n) is 9.56. The number of rotatable bonds is 1. The number of fused-ring (bicyclic) bond motifs is 1. The fourth-order valence-corrected chi connectivity index (χ4v) is 2.82. The molecule has 2 aliphatic rings. The van der Waals surface area contributed by atoms with E-state index < -0.39 is 0 Å². The topological polar surface area (TPSA) is 44.5 Å². The summed E-state index contributed by atoms with van der Waals surface area (Å²) in [6, 6.07) is 5.69. The lowest BCUT2D eigenvalue weighted by molar-refractivity contribution is 0.0855. The third-order valence-electron chi connectivity index (χ3n) is 3.63. The van der Waals surface area contributed by atoms with Gasteiger partial charge in [-0.15, -0.1) is 0 Å². The maximum Gasteiger partial charge on any atom is 0.124 e. The van der Waals surface area contributed by atoms with E-state index in [1.807, 2.05) is 18.2 Å². The minimum Gasteiger partial charge on any atom is -0.490 e. The first kappa shape index (κ1) is 11.3. The van der Waals surface area contributed by atoms with E-state index >= 15 is 0 Å². The molecule has 3 rings (SSSR count). The maximum absolute atomic E-state index is 6.19. The van der Waals surface area contributed by atoms with E-state index in [9.17, 15) is 0 Å². The standard InChI is InChI=1S/C13H16ClNO2/c14-9-1-2-12-10(5-9)11(15)6-13(17-12)8-3-4-16-7-8/h1-2,5,8,11,13H,3-4,6-7,15H2/t8?,11-,13?/m0/s1. The molecule has 0 spiro atoms. The number of nitrogens with two attached hydrogens (primary N) is 1. The van der Waals surface area contributed by atoms with E-state index in [2.05, 4.69) is 0 Å². The summed E-state index contributed by atoms with van der Waals surface area (Å²) in [7, 11) is 0. The second kappa shape index (κ2) is 4.48. The lowest BCUT2D eigenvalue weighted by atomic mass is 9.90. The van der Waals surface area contributed by atoms with Crippen LogP contribution in [0.2, 0.25) is 5.02 Å². The van der Waals surface area contributed by atoms with E-state index in [0.29, 0.717) is 10.9 Å². The Morgan fingerprint density at radius 3 is 3.00 bits per heavy atom. The Hall–Kier alpha value is -0.770. The van der Waals surface area contributed by atoms with E-state index in [1.165, 1.54) is 0 Å². The van der Waals surface area contributed by atoms with Gasteiger partial charge < -0.3 is 15.2 Å². The Bertz CT molecular complexity index is 418. The molecule has 1 saturated heterocycles. The fraction of sp³-hybridized carbons (Fsp3) is 0.538. The van der Waals surface area contributed by atoms with Gasteiger partial charge in [-0.1, -0.05) is 11.6 Å². The van der Waals surface area contributed by atoms with Crippen LogP contribution in [-0.2, 0) is 4.74 Å². The molecular formula is C13H16ClNO2. The minimum absolute atomic E-state index is 0.0167. The van der Waals surface area contributed by atoms with Gasteiger partial charge in [0.1, 0.15) is 11.9 Å².